The van der Waals surface area contributed by atoms with Gasteiger partial charge in [-0.05, 0) is 32.0 Å². The maximum Gasteiger partial charge on any atom is 0.162 e. The SMILES string of the molecule is Cc1cc(C#N)nn1CCNCCCNc1cc(-c2cnn(C)c2)cnc1N. The van der Waals surface area contributed by atoms with Crippen molar-refractivity contribution in [1.82, 2.24) is 29.9 Å². The molecular weight excluding hydrogens is 354 g/mol. The number of rotatable bonds is 9. The number of nitrogen functional groups attached to an aromatic ring is 1. The van der Waals surface area contributed by atoms with E-state index in [-0.39, 0.29) is 0 Å². The third kappa shape index (κ3) is 4.86. The zero-order chi connectivity index (χ0) is 19.9. The van der Waals surface area contributed by atoms with Crippen molar-refractivity contribution >= 4 is 11.5 Å². The number of aryl methyl sites for hydroxylation is 2. The van der Waals surface area contributed by atoms with E-state index in [1.165, 1.54) is 0 Å². The summed E-state index contributed by atoms with van der Waals surface area (Å²) in [5, 5.41) is 24.0. The van der Waals surface area contributed by atoms with Crippen LogP contribution in [-0.4, -0.2) is 44.2 Å². The van der Waals surface area contributed by atoms with E-state index in [4.69, 9.17) is 11.0 Å². The number of hydrogen-bond donors (Lipinski definition) is 3. The number of nitrogens with two attached hydrogens (primary N) is 1. The van der Waals surface area contributed by atoms with Crippen LogP contribution in [0, 0.1) is 18.3 Å². The van der Waals surface area contributed by atoms with E-state index in [9.17, 15) is 0 Å². The lowest BCUT2D eigenvalue weighted by Crippen LogP contribution is -2.23. The molecule has 0 fully saturated rings. The molecule has 0 saturated heterocycles. The van der Waals surface area contributed by atoms with Gasteiger partial charge in [-0.25, -0.2) is 4.98 Å². The molecule has 0 aliphatic carbocycles. The number of pyridine rings is 1. The molecule has 0 atom stereocenters. The monoisotopic (exact) mass is 379 g/mol. The number of nitrogens with one attached hydrogen (secondary N) is 2. The zero-order valence-corrected chi connectivity index (χ0v) is 16.2. The second-order valence-corrected chi connectivity index (χ2v) is 6.60. The van der Waals surface area contributed by atoms with Crippen LogP contribution >= 0.6 is 0 Å². The van der Waals surface area contributed by atoms with Gasteiger partial charge in [0, 0.05) is 49.4 Å². The lowest BCUT2D eigenvalue weighted by molar-refractivity contribution is 0.541. The summed E-state index contributed by atoms with van der Waals surface area (Å²) in [4.78, 5) is 4.27. The second kappa shape index (κ2) is 9.01. The number of aromatic nitrogens is 5. The first-order valence-electron chi connectivity index (χ1n) is 9.20. The van der Waals surface area contributed by atoms with Crippen molar-refractivity contribution in [2.24, 2.45) is 7.05 Å². The average molecular weight is 379 g/mol. The molecule has 3 aromatic heterocycles. The van der Waals surface area contributed by atoms with Gasteiger partial charge < -0.3 is 16.4 Å². The van der Waals surface area contributed by atoms with E-state index in [0.717, 1.165) is 55.1 Å². The van der Waals surface area contributed by atoms with Crippen LogP contribution in [0.15, 0.2) is 30.7 Å². The Hall–Kier alpha value is -3.38. The fourth-order valence-corrected chi connectivity index (χ4v) is 2.88. The van der Waals surface area contributed by atoms with E-state index in [0.29, 0.717) is 11.5 Å². The van der Waals surface area contributed by atoms with Crippen molar-refractivity contribution in [2.45, 2.75) is 19.9 Å². The summed E-state index contributed by atoms with van der Waals surface area (Å²) >= 11 is 0. The summed E-state index contributed by atoms with van der Waals surface area (Å²) in [5.74, 6) is 0.489. The van der Waals surface area contributed by atoms with Gasteiger partial charge >= 0.3 is 0 Å². The predicted molar refractivity (Wildman–Crippen MR) is 109 cm³/mol. The first-order valence-corrected chi connectivity index (χ1v) is 9.20. The number of hydrogen-bond acceptors (Lipinski definition) is 7. The van der Waals surface area contributed by atoms with Gasteiger partial charge in [-0.2, -0.15) is 15.5 Å². The van der Waals surface area contributed by atoms with Crippen molar-refractivity contribution < 1.29 is 0 Å². The highest BCUT2D eigenvalue weighted by Crippen LogP contribution is 2.24. The van der Waals surface area contributed by atoms with Gasteiger partial charge in [0.1, 0.15) is 11.9 Å². The fourth-order valence-electron chi connectivity index (χ4n) is 2.88. The van der Waals surface area contributed by atoms with Gasteiger partial charge in [0.25, 0.3) is 0 Å². The maximum absolute atomic E-state index is 8.87. The third-order valence-corrected chi connectivity index (χ3v) is 4.40. The summed E-state index contributed by atoms with van der Waals surface area (Å²) in [7, 11) is 1.89. The average Bonchev–Trinajstić information content (AvgIpc) is 3.28. The Balaban J connectivity index is 1.40. The van der Waals surface area contributed by atoms with Gasteiger partial charge in [-0.3, -0.25) is 9.36 Å². The molecule has 3 heterocycles. The minimum Gasteiger partial charge on any atom is -0.382 e. The summed E-state index contributed by atoms with van der Waals surface area (Å²) in [5.41, 5.74) is 10.3. The molecule has 0 saturated carbocycles. The normalized spacial score (nSPS) is 10.8. The molecule has 146 valence electrons. The molecule has 0 aromatic carbocycles. The molecule has 0 amide bonds. The van der Waals surface area contributed by atoms with Crippen LogP contribution in [0.2, 0.25) is 0 Å². The molecule has 28 heavy (non-hydrogen) atoms. The largest absolute Gasteiger partial charge is 0.382 e. The van der Waals surface area contributed by atoms with Crippen molar-refractivity contribution in [1.29, 1.82) is 5.26 Å². The molecular formula is C19H25N9. The Bertz CT molecular complexity index is 964. The Morgan fingerprint density at radius 2 is 2.04 bits per heavy atom. The van der Waals surface area contributed by atoms with Crippen LogP contribution in [0.1, 0.15) is 17.8 Å². The van der Waals surface area contributed by atoms with Crippen molar-refractivity contribution in [3.8, 4) is 17.2 Å². The van der Waals surface area contributed by atoms with Crippen LogP contribution in [0.25, 0.3) is 11.1 Å². The minimum absolute atomic E-state index is 0.460. The van der Waals surface area contributed by atoms with Crippen LogP contribution in [0.5, 0.6) is 0 Å². The molecule has 0 radical (unpaired) electrons. The van der Waals surface area contributed by atoms with Gasteiger partial charge in [0.2, 0.25) is 0 Å². The maximum atomic E-state index is 8.87. The third-order valence-electron chi connectivity index (χ3n) is 4.40. The second-order valence-electron chi connectivity index (χ2n) is 6.60. The summed E-state index contributed by atoms with van der Waals surface area (Å²) < 4.78 is 3.61. The molecule has 9 nitrogen and oxygen atoms in total. The highest BCUT2D eigenvalue weighted by molar-refractivity contribution is 5.72. The first kappa shape index (κ1) is 19.4. The molecule has 0 spiro atoms. The minimum atomic E-state index is 0.460. The summed E-state index contributed by atoms with van der Waals surface area (Å²) in [6.07, 6.45) is 6.45. The molecule has 4 N–H and O–H groups in total. The molecule has 0 aliphatic rings. The Kier molecular flexibility index (Phi) is 6.24. The standard InChI is InChI=1S/C19H25N9/c1-14-8-17(10-20)26-28(14)7-6-22-4-3-5-23-18-9-15(11-24-19(18)21)16-12-25-27(2)13-16/h8-9,11-13,22-23H,3-7H2,1-2H3,(H2,21,24). The van der Waals surface area contributed by atoms with Crippen LogP contribution in [0.4, 0.5) is 11.5 Å². The predicted octanol–water partition coefficient (Wildman–Crippen LogP) is 1.53. The fraction of sp³-hybridized carbons (Fsp3) is 0.368. The van der Waals surface area contributed by atoms with Crippen LogP contribution in [-0.2, 0) is 13.6 Å². The molecule has 0 aliphatic heterocycles. The van der Waals surface area contributed by atoms with Crippen molar-refractivity contribution in [3.05, 3.63) is 42.1 Å². The lowest BCUT2D eigenvalue weighted by Gasteiger charge is -2.11. The van der Waals surface area contributed by atoms with Gasteiger partial charge in [0.05, 0.1) is 18.4 Å². The summed E-state index contributed by atoms with van der Waals surface area (Å²) in [6.45, 7) is 5.15. The number of nitriles is 1. The van der Waals surface area contributed by atoms with E-state index in [2.05, 4.69) is 31.9 Å². The Morgan fingerprint density at radius 1 is 1.18 bits per heavy atom. The smallest absolute Gasteiger partial charge is 0.162 e. The number of anilines is 2. The van der Waals surface area contributed by atoms with E-state index in [1.54, 1.807) is 16.9 Å². The van der Waals surface area contributed by atoms with Gasteiger partial charge in [-0.15, -0.1) is 0 Å². The van der Waals surface area contributed by atoms with Crippen LogP contribution < -0.4 is 16.4 Å². The molecule has 3 aromatic rings. The van der Waals surface area contributed by atoms with Crippen molar-refractivity contribution in [3.63, 3.8) is 0 Å². The van der Waals surface area contributed by atoms with E-state index in [1.807, 2.05) is 37.1 Å². The van der Waals surface area contributed by atoms with E-state index < -0.39 is 0 Å². The Labute approximate surface area is 164 Å². The number of nitrogens with zero attached hydrogens (tertiary/aromatic N) is 6. The quantitative estimate of drug-likeness (QED) is 0.482. The topological polar surface area (TPSA) is 122 Å². The Morgan fingerprint density at radius 3 is 2.75 bits per heavy atom. The first-order chi connectivity index (χ1) is 13.6. The molecule has 3 rings (SSSR count). The highest BCUT2D eigenvalue weighted by atomic mass is 15.3. The molecule has 9 heteroatoms. The lowest BCUT2D eigenvalue weighted by atomic mass is 10.1. The molecule has 0 bridgehead atoms. The van der Waals surface area contributed by atoms with Gasteiger partial charge in [0.15, 0.2) is 5.69 Å². The molecule has 0 unspecified atom stereocenters. The summed E-state index contributed by atoms with van der Waals surface area (Å²) in [6, 6.07) is 5.86. The van der Waals surface area contributed by atoms with Crippen molar-refractivity contribution in [2.75, 3.05) is 30.7 Å². The highest BCUT2D eigenvalue weighted by Gasteiger charge is 2.06. The van der Waals surface area contributed by atoms with Crippen LogP contribution in [0.3, 0.4) is 0 Å². The zero-order valence-electron chi connectivity index (χ0n) is 16.2. The van der Waals surface area contributed by atoms with Gasteiger partial charge in [-0.1, -0.05) is 0 Å². The van der Waals surface area contributed by atoms with E-state index >= 15 is 0 Å².